The molecule has 0 nitrogen and oxygen atoms in total. The molecular formula is C11H8F2. The van der Waals surface area contributed by atoms with Gasteiger partial charge < -0.3 is 0 Å². The predicted molar refractivity (Wildman–Crippen MR) is 48.6 cm³/mol. The van der Waals surface area contributed by atoms with Crippen LogP contribution in [0.1, 0.15) is 5.56 Å². The van der Waals surface area contributed by atoms with Crippen molar-refractivity contribution in [1.82, 2.24) is 0 Å². The molecule has 2 aromatic carbocycles. The first-order chi connectivity index (χ1) is 6.20. The summed E-state index contributed by atoms with van der Waals surface area (Å²) in [7, 11) is 0. The van der Waals surface area contributed by atoms with Crippen LogP contribution in [-0.2, 0) is 0 Å². The fourth-order valence-corrected chi connectivity index (χ4v) is 1.48. The third kappa shape index (κ3) is 1.18. The van der Waals surface area contributed by atoms with Crippen molar-refractivity contribution < 1.29 is 8.78 Å². The van der Waals surface area contributed by atoms with Gasteiger partial charge in [-0.1, -0.05) is 18.2 Å². The number of rotatable bonds is 0. The number of aryl methyl sites for hydroxylation is 1. The predicted octanol–water partition coefficient (Wildman–Crippen LogP) is 3.43. The molecule has 0 aliphatic heterocycles. The van der Waals surface area contributed by atoms with E-state index in [0.29, 0.717) is 10.9 Å². The second-order valence-corrected chi connectivity index (χ2v) is 3.01. The largest absolute Gasteiger partial charge is 0.207 e. The van der Waals surface area contributed by atoms with E-state index in [1.807, 2.05) is 0 Å². The van der Waals surface area contributed by atoms with Crippen molar-refractivity contribution in [1.29, 1.82) is 0 Å². The molecule has 66 valence electrons. The van der Waals surface area contributed by atoms with Gasteiger partial charge in [-0.25, -0.2) is 8.78 Å². The minimum absolute atomic E-state index is 0.363. The van der Waals surface area contributed by atoms with Crippen molar-refractivity contribution in [2.24, 2.45) is 0 Å². The molecule has 0 aromatic heterocycles. The zero-order valence-electron chi connectivity index (χ0n) is 7.14. The lowest BCUT2D eigenvalue weighted by molar-refractivity contribution is 0.613. The Balaban J connectivity index is 2.97. The van der Waals surface area contributed by atoms with Gasteiger partial charge in [0.15, 0.2) is 0 Å². The summed E-state index contributed by atoms with van der Waals surface area (Å²) in [6.45, 7) is 1.58. The number of fused-ring (bicyclic) bond motifs is 1. The van der Waals surface area contributed by atoms with Crippen molar-refractivity contribution >= 4 is 10.8 Å². The molecular weight excluding hydrogens is 170 g/mol. The molecule has 2 rings (SSSR count). The van der Waals surface area contributed by atoms with Crippen molar-refractivity contribution in [2.75, 3.05) is 0 Å². The summed E-state index contributed by atoms with van der Waals surface area (Å²) in [5.74, 6) is -0.730. The third-order valence-electron chi connectivity index (χ3n) is 2.19. The second-order valence-electron chi connectivity index (χ2n) is 3.01. The van der Waals surface area contributed by atoms with E-state index in [9.17, 15) is 8.78 Å². The summed E-state index contributed by atoms with van der Waals surface area (Å²) in [6, 6.07) is 7.67. The van der Waals surface area contributed by atoms with Crippen LogP contribution in [0.4, 0.5) is 8.78 Å². The lowest BCUT2D eigenvalue weighted by Gasteiger charge is -2.03. The topological polar surface area (TPSA) is 0 Å². The highest BCUT2D eigenvalue weighted by Crippen LogP contribution is 2.23. The molecule has 0 radical (unpaired) electrons. The second kappa shape index (κ2) is 2.80. The van der Waals surface area contributed by atoms with Crippen LogP contribution in [0, 0.1) is 18.6 Å². The van der Waals surface area contributed by atoms with Gasteiger partial charge >= 0.3 is 0 Å². The van der Waals surface area contributed by atoms with Crippen LogP contribution < -0.4 is 0 Å². The SMILES string of the molecule is Cc1c(F)ccc2cccc(F)c12. The molecule has 0 spiro atoms. The zero-order valence-corrected chi connectivity index (χ0v) is 7.14. The molecule has 13 heavy (non-hydrogen) atoms. The first kappa shape index (κ1) is 8.17. The Morgan fingerprint density at radius 3 is 2.46 bits per heavy atom. The first-order valence-electron chi connectivity index (χ1n) is 4.03. The highest BCUT2D eigenvalue weighted by Gasteiger charge is 2.06. The molecule has 0 aliphatic rings. The molecule has 0 saturated carbocycles. The molecule has 0 atom stereocenters. The number of halogens is 2. The van der Waals surface area contributed by atoms with Crippen molar-refractivity contribution in [2.45, 2.75) is 6.92 Å². The highest BCUT2D eigenvalue weighted by molar-refractivity contribution is 5.86. The maximum absolute atomic E-state index is 13.3. The molecule has 0 bridgehead atoms. The van der Waals surface area contributed by atoms with Crippen molar-refractivity contribution in [3.8, 4) is 0 Å². The van der Waals surface area contributed by atoms with Gasteiger partial charge in [0, 0.05) is 5.39 Å². The number of hydrogen-bond donors (Lipinski definition) is 0. The third-order valence-corrected chi connectivity index (χ3v) is 2.19. The van der Waals surface area contributed by atoms with Crippen molar-refractivity contribution in [3.05, 3.63) is 47.5 Å². The maximum atomic E-state index is 13.3. The van der Waals surface area contributed by atoms with Crippen LogP contribution in [0.15, 0.2) is 30.3 Å². The fourth-order valence-electron chi connectivity index (χ4n) is 1.48. The average Bonchev–Trinajstić information content (AvgIpc) is 2.12. The van der Waals surface area contributed by atoms with Gasteiger partial charge in [-0.15, -0.1) is 0 Å². The Morgan fingerprint density at radius 2 is 1.69 bits per heavy atom. The van der Waals surface area contributed by atoms with Crippen LogP contribution in [0.5, 0.6) is 0 Å². The summed E-state index contributed by atoms with van der Waals surface area (Å²) in [5, 5.41) is 1.11. The van der Waals surface area contributed by atoms with E-state index >= 15 is 0 Å². The smallest absolute Gasteiger partial charge is 0.131 e. The minimum Gasteiger partial charge on any atom is -0.207 e. The molecule has 2 aromatic rings. The lowest BCUT2D eigenvalue weighted by Crippen LogP contribution is -1.87. The summed E-state index contributed by atoms with van der Waals surface area (Å²) in [4.78, 5) is 0. The van der Waals surface area contributed by atoms with Gasteiger partial charge in [-0.2, -0.15) is 0 Å². The summed E-state index contributed by atoms with van der Waals surface area (Å²) in [6.07, 6.45) is 0. The molecule has 0 amide bonds. The Kier molecular flexibility index (Phi) is 1.76. The van der Waals surface area contributed by atoms with Gasteiger partial charge in [0.1, 0.15) is 11.6 Å². The fraction of sp³-hybridized carbons (Fsp3) is 0.0909. The molecule has 0 fully saturated rings. The van der Waals surface area contributed by atoms with Crippen LogP contribution in [-0.4, -0.2) is 0 Å². The van der Waals surface area contributed by atoms with E-state index in [-0.39, 0.29) is 11.6 Å². The van der Waals surface area contributed by atoms with E-state index in [1.165, 1.54) is 12.1 Å². The Hall–Kier alpha value is -1.44. The van der Waals surface area contributed by atoms with Crippen LogP contribution in [0.25, 0.3) is 10.8 Å². The maximum Gasteiger partial charge on any atom is 0.131 e. The van der Waals surface area contributed by atoms with E-state index < -0.39 is 0 Å². The Bertz CT molecular complexity index is 461. The number of hydrogen-bond acceptors (Lipinski definition) is 0. The molecule has 0 saturated heterocycles. The minimum atomic E-state index is -0.366. The van der Waals surface area contributed by atoms with Crippen LogP contribution in [0.2, 0.25) is 0 Å². The van der Waals surface area contributed by atoms with E-state index in [2.05, 4.69) is 0 Å². The van der Waals surface area contributed by atoms with Crippen LogP contribution in [0.3, 0.4) is 0 Å². The van der Waals surface area contributed by atoms with Crippen LogP contribution >= 0.6 is 0 Å². The van der Waals surface area contributed by atoms with Gasteiger partial charge in [0.2, 0.25) is 0 Å². The van der Waals surface area contributed by atoms with Gasteiger partial charge in [-0.3, -0.25) is 0 Å². The standard InChI is InChI=1S/C11H8F2/c1-7-9(12)6-5-8-3-2-4-10(13)11(7)8/h2-6H,1H3. The van der Waals surface area contributed by atoms with Crippen molar-refractivity contribution in [3.63, 3.8) is 0 Å². The zero-order chi connectivity index (χ0) is 9.42. The summed E-state index contributed by atoms with van der Waals surface area (Å²) in [5.41, 5.74) is 0.371. The normalized spacial score (nSPS) is 10.7. The van der Waals surface area contributed by atoms with Gasteiger partial charge in [0.25, 0.3) is 0 Å². The average molecular weight is 178 g/mol. The number of benzene rings is 2. The molecule has 0 unspecified atom stereocenters. The summed E-state index contributed by atoms with van der Waals surface area (Å²) >= 11 is 0. The quantitative estimate of drug-likeness (QED) is 0.579. The Morgan fingerprint density at radius 1 is 0.923 bits per heavy atom. The van der Waals surface area contributed by atoms with E-state index in [0.717, 1.165) is 5.39 Å². The van der Waals surface area contributed by atoms with Gasteiger partial charge in [0.05, 0.1) is 0 Å². The Labute approximate surface area is 74.8 Å². The van der Waals surface area contributed by atoms with Gasteiger partial charge in [-0.05, 0) is 30.0 Å². The van der Waals surface area contributed by atoms with E-state index in [1.54, 1.807) is 25.1 Å². The molecule has 0 heterocycles. The first-order valence-corrected chi connectivity index (χ1v) is 4.03. The lowest BCUT2D eigenvalue weighted by atomic mass is 10.0. The molecule has 2 heteroatoms. The van der Waals surface area contributed by atoms with E-state index in [4.69, 9.17) is 0 Å². The highest BCUT2D eigenvalue weighted by atomic mass is 19.1. The monoisotopic (exact) mass is 178 g/mol. The molecule has 0 N–H and O–H groups in total. The summed E-state index contributed by atoms with van der Waals surface area (Å²) < 4.78 is 26.3. The molecule has 0 aliphatic carbocycles.